The molecule has 0 amide bonds. The van der Waals surface area contributed by atoms with Gasteiger partial charge in [0.1, 0.15) is 5.15 Å². The molecule has 3 heterocycles. The van der Waals surface area contributed by atoms with E-state index < -0.39 is 0 Å². The minimum atomic E-state index is 0.239. The van der Waals surface area contributed by atoms with E-state index in [4.69, 9.17) is 16.0 Å². The fourth-order valence-corrected chi connectivity index (χ4v) is 3.01. The summed E-state index contributed by atoms with van der Waals surface area (Å²) in [6.07, 6.45) is 4.95. The van der Waals surface area contributed by atoms with Gasteiger partial charge >= 0.3 is 0 Å². The van der Waals surface area contributed by atoms with Crippen molar-refractivity contribution in [3.63, 3.8) is 0 Å². The predicted molar refractivity (Wildman–Crippen MR) is 102 cm³/mol. The first-order valence-corrected chi connectivity index (χ1v) is 8.75. The average Bonchev–Trinajstić information content (AvgIpc) is 3.30. The second-order valence-electron chi connectivity index (χ2n) is 6.33. The number of oxazole rings is 1. The van der Waals surface area contributed by atoms with Crippen molar-refractivity contribution in [2.24, 2.45) is 0 Å². The third-order valence-corrected chi connectivity index (χ3v) is 4.50. The van der Waals surface area contributed by atoms with Gasteiger partial charge in [-0.05, 0) is 44.2 Å². The highest BCUT2D eigenvalue weighted by Crippen LogP contribution is 2.24. The number of rotatable bonds is 5. The predicted octanol–water partition coefficient (Wildman–Crippen LogP) is 4.93. The van der Waals surface area contributed by atoms with E-state index in [0.717, 1.165) is 33.6 Å². The highest BCUT2D eigenvalue weighted by molar-refractivity contribution is 6.30. The average molecular weight is 368 g/mol. The van der Waals surface area contributed by atoms with Crippen LogP contribution in [0, 0.1) is 0 Å². The topological polar surface area (TPSA) is 68.8 Å². The number of fused-ring (bicyclic) bond motifs is 1. The number of halogens is 1. The van der Waals surface area contributed by atoms with E-state index in [9.17, 15) is 0 Å². The van der Waals surface area contributed by atoms with Crippen LogP contribution in [0.5, 0.6) is 0 Å². The first-order valence-electron chi connectivity index (χ1n) is 8.37. The van der Waals surface area contributed by atoms with E-state index in [1.165, 1.54) is 6.39 Å². The van der Waals surface area contributed by atoms with Crippen molar-refractivity contribution in [2.45, 2.75) is 26.4 Å². The second-order valence-corrected chi connectivity index (χ2v) is 6.69. The molecule has 26 heavy (non-hydrogen) atoms. The van der Waals surface area contributed by atoms with Crippen LogP contribution in [0.15, 0.2) is 53.5 Å². The van der Waals surface area contributed by atoms with Gasteiger partial charge in [0.2, 0.25) is 0 Å². The van der Waals surface area contributed by atoms with Crippen LogP contribution in [0.4, 0.5) is 5.69 Å². The lowest BCUT2D eigenvalue weighted by Crippen LogP contribution is -2.05. The van der Waals surface area contributed by atoms with Crippen LogP contribution in [-0.2, 0) is 6.54 Å². The molecule has 7 heteroatoms. The van der Waals surface area contributed by atoms with Gasteiger partial charge in [-0.1, -0.05) is 11.6 Å². The van der Waals surface area contributed by atoms with Gasteiger partial charge in [0.25, 0.3) is 0 Å². The molecule has 0 atom stereocenters. The van der Waals surface area contributed by atoms with E-state index in [1.807, 2.05) is 41.2 Å². The highest BCUT2D eigenvalue weighted by atomic mass is 35.5. The SMILES string of the molecule is CC(C)n1ncc2cc(CNc3ccc(-c4cnco4)cc3)c(Cl)nc21. The Morgan fingerprint density at radius 2 is 2.00 bits per heavy atom. The summed E-state index contributed by atoms with van der Waals surface area (Å²) in [5.41, 5.74) is 3.71. The molecule has 0 bridgehead atoms. The van der Waals surface area contributed by atoms with Crippen LogP contribution in [0.2, 0.25) is 5.15 Å². The van der Waals surface area contributed by atoms with Crippen molar-refractivity contribution < 1.29 is 4.42 Å². The summed E-state index contributed by atoms with van der Waals surface area (Å²) in [4.78, 5) is 8.46. The van der Waals surface area contributed by atoms with Gasteiger partial charge in [-0.3, -0.25) is 0 Å². The third-order valence-electron chi connectivity index (χ3n) is 4.17. The van der Waals surface area contributed by atoms with Gasteiger partial charge in [0.15, 0.2) is 17.8 Å². The minimum absolute atomic E-state index is 0.239. The van der Waals surface area contributed by atoms with Crippen molar-refractivity contribution in [3.05, 3.63) is 59.8 Å². The Balaban J connectivity index is 1.51. The fourth-order valence-electron chi connectivity index (χ4n) is 2.81. The summed E-state index contributed by atoms with van der Waals surface area (Å²) in [5.74, 6) is 0.747. The van der Waals surface area contributed by atoms with E-state index in [1.54, 1.807) is 6.20 Å². The van der Waals surface area contributed by atoms with Gasteiger partial charge in [-0.25, -0.2) is 14.6 Å². The van der Waals surface area contributed by atoms with Crippen LogP contribution >= 0.6 is 11.6 Å². The van der Waals surface area contributed by atoms with Crippen LogP contribution in [-0.4, -0.2) is 19.7 Å². The zero-order valence-corrected chi connectivity index (χ0v) is 15.2. The highest BCUT2D eigenvalue weighted by Gasteiger charge is 2.11. The molecule has 0 fully saturated rings. The summed E-state index contributed by atoms with van der Waals surface area (Å²) in [5, 5.41) is 9.24. The second kappa shape index (κ2) is 6.80. The molecular formula is C19H18ClN5O. The summed E-state index contributed by atoms with van der Waals surface area (Å²) in [7, 11) is 0. The molecule has 0 aliphatic carbocycles. The molecule has 0 radical (unpaired) electrons. The van der Waals surface area contributed by atoms with Crippen molar-refractivity contribution in [1.29, 1.82) is 0 Å². The number of benzene rings is 1. The zero-order chi connectivity index (χ0) is 18.1. The summed E-state index contributed by atoms with van der Waals surface area (Å²) in [6.45, 7) is 4.72. The molecule has 3 aromatic heterocycles. The Hall–Kier alpha value is -2.86. The van der Waals surface area contributed by atoms with Crippen molar-refractivity contribution in [2.75, 3.05) is 5.32 Å². The van der Waals surface area contributed by atoms with Crippen LogP contribution in [0.25, 0.3) is 22.4 Å². The molecule has 4 rings (SSSR count). The monoisotopic (exact) mass is 367 g/mol. The Bertz CT molecular complexity index is 1020. The standard InChI is InChI=1S/C19H18ClN5O/c1-12(2)25-19-15(9-23-25)7-14(18(20)24-19)8-22-16-5-3-13(4-6-16)17-10-21-11-26-17/h3-7,9-12,22H,8H2,1-2H3. The number of aromatic nitrogens is 4. The van der Waals surface area contributed by atoms with Gasteiger partial charge in [0.05, 0.1) is 12.4 Å². The van der Waals surface area contributed by atoms with Crippen LogP contribution < -0.4 is 5.32 Å². The van der Waals surface area contributed by atoms with Gasteiger partial charge in [-0.2, -0.15) is 5.10 Å². The normalized spacial score (nSPS) is 11.4. The van der Waals surface area contributed by atoms with Crippen LogP contribution in [0.3, 0.4) is 0 Å². The number of nitrogens with one attached hydrogen (secondary N) is 1. The van der Waals surface area contributed by atoms with Gasteiger partial charge in [0, 0.05) is 34.8 Å². The van der Waals surface area contributed by atoms with Gasteiger partial charge < -0.3 is 9.73 Å². The Morgan fingerprint density at radius 1 is 1.19 bits per heavy atom. The fraction of sp³-hybridized carbons (Fsp3) is 0.211. The molecule has 0 unspecified atom stereocenters. The first kappa shape index (κ1) is 16.6. The molecule has 0 spiro atoms. The Kier molecular flexibility index (Phi) is 4.34. The van der Waals surface area contributed by atoms with Gasteiger partial charge in [-0.15, -0.1) is 0 Å². The molecule has 0 saturated heterocycles. The lowest BCUT2D eigenvalue weighted by Gasteiger charge is -2.10. The van der Waals surface area contributed by atoms with Crippen LogP contribution in [0.1, 0.15) is 25.5 Å². The van der Waals surface area contributed by atoms with Crippen molar-refractivity contribution in [1.82, 2.24) is 19.7 Å². The largest absolute Gasteiger partial charge is 0.444 e. The molecule has 132 valence electrons. The molecule has 0 aliphatic heterocycles. The molecule has 4 aromatic rings. The molecular weight excluding hydrogens is 350 g/mol. The van der Waals surface area contributed by atoms with Crippen molar-refractivity contribution >= 4 is 28.3 Å². The summed E-state index contributed by atoms with van der Waals surface area (Å²) < 4.78 is 7.17. The molecule has 1 N–H and O–H groups in total. The Morgan fingerprint density at radius 3 is 2.69 bits per heavy atom. The summed E-state index contributed by atoms with van der Waals surface area (Å²) in [6, 6.07) is 10.2. The van der Waals surface area contributed by atoms with E-state index in [0.29, 0.717) is 11.7 Å². The number of hydrogen-bond donors (Lipinski definition) is 1. The number of pyridine rings is 1. The molecule has 6 nitrogen and oxygen atoms in total. The lowest BCUT2D eigenvalue weighted by atomic mass is 10.1. The van der Waals surface area contributed by atoms with E-state index in [-0.39, 0.29) is 6.04 Å². The zero-order valence-electron chi connectivity index (χ0n) is 14.5. The quantitative estimate of drug-likeness (QED) is 0.506. The number of nitrogens with zero attached hydrogens (tertiary/aromatic N) is 4. The Labute approximate surface area is 155 Å². The third kappa shape index (κ3) is 3.15. The molecule has 0 saturated carbocycles. The number of anilines is 1. The number of hydrogen-bond acceptors (Lipinski definition) is 5. The maximum atomic E-state index is 6.38. The summed E-state index contributed by atoms with van der Waals surface area (Å²) >= 11 is 6.38. The van der Waals surface area contributed by atoms with E-state index in [2.05, 4.69) is 34.2 Å². The molecule has 0 aliphatic rings. The lowest BCUT2D eigenvalue weighted by molar-refractivity contribution is 0.546. The first-order chi connectivity index (χ1) is 12.6. The van der Waals surface area contributed by atoms with E-state index >= 15 is 0 Å². The maximum absolute atomic E-state index is 6.38. The van der Waals surface area contributed by atoms with Crippen molar-refractivity contribution in [3.8, 4) is 11.3 Å². The maximum Gasteiger partial charge on any atom is 0.181 e. The minimum Gasteiger partial charge on any atom is -0.444 e. The molecule has 1 aromatic carbocycles. The smallest absolute Gasteiger partial charge is 0.181 e.